The molecule has 5 rings (SSSR count). The van der Waals surface area contributed by atoms with Crippen LogP contribution < -0.4 is 5.69 Å². The van der Waals surface area contributed by atoms with Gasteiger partial charge in [-0.25, -0.2) is 4.79 Å². The van der Waals surface area contributed by atoms with Crippen LogP contribution in [0.15, 0.2) is 78.1 Å². The molecule has 0 atom stereocenters. The molecule has 0 bridgehead atoms. The smallest absolute Gasteiger partial charge is 0.292 e. The van der Waals surface area contributed by atoms with Gasteiger partial charge in [0.05, 0.1) is 23.6 Å². The van der Waals surface area contributed by atoms with Crippen molar-refractivity contribution in [2.24, 2.45) is 0 Å². The lowest BCUT2D eigenvalue weighted by molar-refractivity contribution is 0.671. The number of benzene rings is 2. The molecule has 8 heteroatoms. The fourth-order valence-corrected chi connectivity index (χ4v) is 5.23. The molecule has 0 saturated carbocycles. The van der Waals surface area contributed by atoms with Crippen LogP contribution in [0, 0.1) is 0 Å². The molecule has 0 aliphatic rings. The van der Waals surface area contributed by atoms with Gasteiger partial charge in [-0.15, -0.1) is 5.10 Å². The highest BCUT2D eigenvalue weighted by Gasteiger charge is 2.20. The monoisotopic (exact) mass is 535 g/mol. The fourth-order valence-electron chi connectivity index (χ4n) is 5.23. The zero-order chi connectivity index (χ0) is 28.2. The summed E-state index contributed by atoms with van der Waals surface area (Å²) in [6.07, 6.45) is 8.44. The van der Waals surface area contributed by atoms with Crippen molar-refractivity contribution >= 4 is 0 Å². The number of hydrogen-bond acceptors (Lipinski definition) is 5. The van der Waals surface area contributed by atoms with Gasteiger partial charge in [0.25, 0.3) is 0 Å². The number of pyridine rings is 1. The largest absolute Gasteiger partial charge is 0.333 e. The molecule has 0 radical (unpaired) electrons. The van der Waals surface area contributed by atoms with Gasteiger partial charge < -0.3 is 0 Å². The Morgan fingerprint density at radius 2 is 1.65 bits per heavy atom. The quantitative estimate of drug-likeness (QED) is 0.209. The molecule has 0 aliphatic heterocycles. The zero-order valence-electron chi connectivity index (χ0n) is 24.0. The highest BCUT2D eigenvalue weighted by atomic mass is 16.1. The maximum atomic E-state index is 14.1. The summed E-state index contributed by atoms with van der Waals surface area (Å²) in [5.41, 5.74) is 8.04. The molecular formula is C32H37N7O. The Balaban J connectivity index is 1.53. The predicted octanol–water partition coefficient (Wildman–Crippen LogP) is 6.31. The van der Waals surface area contributed by atoms with Crippen LogP contribution in [0.4, 0.5) is 0 Å². The van der Waals surface area contributed by atoms with Crippen molar-refractivity contribution in [1.82, 2.24) is 34.3 Å². The van der Waals surface area contributed by atoms with E-state index in [0.717, 1.165) is 53.2 Å². The Kier molecular flexibility index (Phi) is 8.05. The highest BCUT2D eigenvalue weighted by Crippen LogP contribution is 2.31. The van der Waals surface area contributed by atoms with Crippen molar-refractivity contribution in [3.05, 3.63) is 106 Å². The van der Waals surface area contributed by atoms with Gasteiger partial charge in [-0.1, -0.05) is 83.5 Å². The van der Waals surface area contributed by atoms with Gasteiger partial charge in [0.15, 0.2) is 0 Å². The molecule has 0 aliphatic carbocycles. The molecule has 3 aromatic heterocycles. The number of unbranched alkanes of at least 4 members (excludes halogenated alkanes) is 1. The van der Waals surface area contributed by atoms with Gasteiger partial charge in [0, 0.05) is 23.7 Å². The maximum absolute atomic E-state index is 14.1. The first-order chi connectivity index (χ1) is 19.4. The van der Waals surface area contributed by atoms with Crippen molar-refractivity contribution in [2.45, 2.75) is 72.3 Å². The number of rotatable bonds is 10. The minimum Gasteiger partial charge on any atom is -0.292 e. The van der Waals surface area contributed by atoms with Crippen molar-refractivity contribution < 1.29 is 0 Å². The molecule has 0 spiro atoms. The first-order valence-electron chi connectivity index (χ1n) is 14.1. The molecule has 3 heterocycles. The number of para-hydroxylation sites is 2. The molecule has 0 fully saturated rings. The molecular weight excluding hydrogens is 498 g/mol. The summed E-state index contributed by atoms with van der Waals surface area (Å²) in [5, 5.41) is 11.6. The SMILES string of the molecule is CCCCc1cn(-c2c(C(C)C)cccc2C(C)C)c(=O)n1Cc1ccc(-c2ccccc2-n2cnnn2)nc1. The lowest BCUT2D eigenvalue weighted by Gasteiger charge is -2.19. The molecule has 0 N–H and O–H groups in total. The molecule has 0 saturated heterocycles. The first kappa shape index (κ1) is 27.2. The summed E-state index contributed by atoms with van der Waals surface area (Å²) < 4.78 is 5.44. The predicted molar refractivity (Wildman–Crippen MR) is 158 cm³/mol. The van der Waals surface area contributed by atoms with E-state index in [1.54, 1.807) is 11.0 Å². The van der Waals surface area contributed by atoms with E-state index in [0.29, 0.717) is 18.4 Å². The minimum absolute atomic E-state index is 0.00536. The van der Waals surface area contributed by atoms with E-state index < -0.39 is 0 Å². The summed E-state index contributed by atoms with van der Waals surface area (Å²) in [6.45, 7) is 11.4. The van der Waals surface area contributed by atoms with Crippen molar-refractivity contribution in [3.8, 4) is 22.6 Å². The van der Waals surface area contributed by atoms with Crippen LogP contribution in [0.5, 0.6) is 0 Å². The van der Waals surface area contributed by atoms with Gasteiger partial charge in [0.1, 0.15) is 6.33 Å². The number of aryl methyl sites for hydroxylation is 1. The van der Waals surface area contributed by atoms with E-state index in [-0.39, 0.29) is 5.69 Å². The number of imidazole rings is 1. The van der Waals surface area contributed by atoms with E-state index in [9.17, 15) is 4.79 Å². The summed E-state index contributed by atoms with van der Waals surface area (Å²) in [6, 6.07) is 18.3. The Morgan fingerprint density at radius 1 is 0.900 bits per heavy atom. The molecule has 8 nitrogen and oxygen atoms in total. The van der Waals surface area contributed by atoms with Gasteiger partial charge in [-0.3, -0.25) is 14.1 Å². The van der Waals surface area contributed by atoms with Gasteiger partial charge >= 0.3 is 5.69 Å². The number of nitrogens with zero attached hydrogens (tertiary/aromatic N) is 7. The fraction of sp³-hybridized carbons (Fsp3) is 0.344. The van der Waals surface area contributed by atoms with Gasteiger partial charge in [-0.05, 0) is 63.9 Å². The van der Waals surface area contributed by atoms with Crippen LogP contribution >= 0.6 is 0 Å². The Hall–Kier alpha value is -4.33. The van der Waals surface area contributed by atoms with Crippen LogP contribution in [0.25, 0.3) is 22.6 Å². The maximum Gasteiger partial charge on any atom is 0.333 e. The number of tetrazole rings is 1. The first-order valence-corrected chi connectivity index (χ1v) is 14.1. The van der Waals surface area contributed by atoms with Crippen molar-refractivity contribution in [2.75, 3.05) is 0 Å². The van der Waals surface area contributed by atoms with Crippen molar-refractivity contribution in [1.29, 1.82) is 0 Å². The van der Waals surface area contributed by atoms with E-state index >= 15 is 0 Å². The summed E-state index contributed by atoms with van der Waals surface area (Å²) in [4.78, 5) is 18.8. The molecule has 5 aromatic rings. The minimum atomic E-state index is -0.00536. The summed E-state index contributed by atoms with van der Waals surface area (Å²) in [7, 11) is 0. The number of aromatic nitrogens is 7. The topological polar surface area (TPSA) is 83.4 Å². The van der Waals surface area contributed by atoms with Crippen LogP contribution in [-0.2, 0) is 13.0 Å². The highest BCUT2D eigenvalue weighted by molar-refractivity contribution is 5.69. The summed E-state index contributed by atoms with van der Waals surface area (Å²) in [5.74, 6) is 0.604. The Labute approximate surface area is 235 Å². The van der Waals surface area contributed by atoms with Crippen LogP contribution in [0.3, 0.4) is 0 Å². The van der Waals surface area contributed by atoms with Crippen molar-refractivity contribution in [3.63, 3.8) is 0 Å². The molecule has 0 unspecified atom stereocenters. The molecule has 40 heavy (non-hydrogen) atoms. The molecule has 0 amide bonds. The molecule has 2 aromatic carbocycles. The Bertz CT molecular complexity index is 1600. The van der Waals surface area contributed by atoms with E-state index in [4.69, 9.17) is 4.98 Å². The zero-order valence-corrected chi connectivity index (χ0v) is 24.0. The summed E-state index contributed by atoms with van der Waals surface area (Å²) >= 11 is 0. The Morgan fingerprint density at radius 3 is 2.27 bits per heavy atom. The van der Waals surface area contributed by atoms with E-state index in [1.807, 2.05) is 51.7 Å². The third-order valence-electron chi connectivity index (χ3n) is 7.37. The lowest BCUT2D eigenvalue weighted by atomic mass is 9.92. The van der Waals surface area contributed by atoms with Gasteiger partial charge in [-0.2, -0.15) is 4.68 Å². The van der Waals surface area contributed by atoms with Crippen LogP contribution in [-0.4, -0.2) is 34.3 Å². The third kappa shape index (κ3) is 5.39. The second-order valence-corrected chi connectivity index (χ2v) is 10.9. The van der Waals surface area contributed by atoms with E-state index in [2.05, 4.69) is 74.5 Å². The second-order valence-electron chi connectivity index (χ2n) is 10.9. The average Bonchev–Trinajstić information content (AvgIpc) is 3.61. The third-order valence-corrected chi connectivity index (χ3v) is 7.37. The number of hydrogen-bond donors (Lipinski definition) is 0. The van der Waals surface area contributed by atoms with Crippen LogP contribution in [0.1, 0.15) is 81.7 Å². The standard InChI is InChI=1S/C32H37N7O/c1-6-7-11-25-20-38(31-26(22(2)3)13-10-14-27(31)23(4)5)32(40)37(25)19-24-16-17-29(33-18-24)28-12-8-9-15-30(28)39-21-34-35-36-39/h8-10,12-18,20-23H,6-7,11,19H2,1-5H3. The van der Waals surface area contributed by atoms with Crippen LogP contribution in [0.2, 0.25) is 0 Å². The van der Waals surface area contributed by atoms with Gasteiger partial charge in [0.2, 0.25) is 0 Å². The second kappa shape index (κ2) is 11.8. The normalized spacial score (nSPS) is 11.6. The lowest BCUT2D eigenvalue weighted by Crippen LogP contribution is -2.26. The average molecular weight is 536 g/mol. The molecule has 206 valence electrons. The van der Waals surface area contributed by atoms with E-state index in [1.165, 1.54) is 11.1 Å².